The molecule has 112 valence electrons. The van der Waals surface area contributed by atoms with Crippen molar-refractivity contribution in [2.24, 2.45) is 0 Å². The summed E-state index contributed by atoms with van der Waals surface area (Å²) < 4.78 is 7.37. The lowest BCUT2D eigenvalue weighted by Crippen LogP contribution is -2.12. The van der Waals surface area contributed by atoms with E-state index in [1.807, 2.05) is 48.5 Å². The van der Waals surface area contributed by atoms with Gasteiger partial charge in [-0.1, -0.05) is 35.8 Å². The molecular formula is C17H15NO3S. The first-order chi connectivity index (χ1) is 10.6. The molecule has 0 saturated heterocycles. The number of fused-ring (bicyclic) bond motifs is 1. The number of rotatable bonds is 3. The van der Waals surface area contributed by atoms with Gasteiger partial charge in [-0.25, -0.2) is 3.96 Å². The molecule has 1 heterocycles. The number of nitrogens with zero attached hydrogens (tertiary/aromatic N) is 1. The van der Waals surface area contributed by atoms with Crippen LogP contribution in [0.4, 0.5) is 0 Å². The van der Waals surface area contributed by atoms with Gasteiger partial charge in [-0.2, -0.15) is 0 Å². The highest BCUT2D eigenvalue weighted by atomic mass is 32.1. The molecule has 1 aromatic heterocycles. The van der Waals surface area contributed by atoms with E-state index in [2.05, 4.69) is 0 Å². The van der Waals surface area contributed by atoms with E-state index in [0.717, 1.165) is 21.3 Å². The van der Waals surface area contributed by atoms with E-state index in [9.17, 15) is 9.59 Å². The van der Waals surface area contributed by atoms with Crippen LogP contribution in [0, 0.1) is 0 Å². The van der Waals surface area contributed by atoms with Crippen LogP contribution in [0.1, 0.15) is 18.4 Å². The molecule has 22 heavy (non-hydrogen) atoms. The normalized spacial score (nSPS) is 12.3. The monoisotopic (exact) mass is 313 g/mol. The molecule has 2 aromatic carbocycles. The predicted molar refractivity (Wildman–Crippen MR) is 87.9 cm³/mol. The first-order valence-corrected chi connectivity index (χ1v) is 7.68. The van der Waals surface area contributed by atoms with Gasteiger partial charge in [0, 0.05) is 0 Å². The molecule has 0 N–H and O–H groups in total. The lowest BCUT2D eigenvalue weighted by atomic mass is 10.0. The molecule has 5 heteroatoms. The SMILES string of the molecule is COC(=O)C(C)c1ccc(-n2sc3ccccc3c2=O)cc1. The van der Waals surface area contributed by atoms with Crippen molar-refractivity contribution in [3.05, 3.63) is 64.4 Å². The van der Waals surface area contributed by atoms with Crippen LogP contribution >= 0.6 is 11.5 Å². The third-order valence-electron chi connectivity index (χ3n) is 3.67. The average Bonchev–Trinajstić information content (AvgIpc) is 2.91. The molecule has 1 unspecified atom stereocenters. The van der Waals surface area contributed by atoms with Crippen molar-refractivity contribution >= 4 is 27.6 Å². The van der Waals surface area contributed by atoms with E-state index < -0.39 is 0 Å². The number of carbonyl (C=O) groups excluding carboxylic acids is 1. The number of hydrogen-bond donors (Lipinski definition) is 0. The van der Waals surface area contributed by atoms with E-state index in [1.165, 1.54) is 18.6 Å². The summed E-state index contributed by atoms with van der Waals surface area (Å²) in [7, 11) is 1.38. The summed E-state index contributed by atoms with van der Waals surface area (Å²) in [6.45, 7) is 1.80. The zero-order valence-electron chi connectivity index (χ0n) is 12.3. The summed E-state index contributed by atoms with van der Waals surface area (Å²) in [4.78, 5) is 24.0. The van der Waals surface area contributed by atoms with Gasteiger partial charge in [-0.3, -0.25) is 9.59 Å². The van der Waals surface area contributed by atoms with E-state index in [-0.39, 0.29) is 17.4 Å². The highest BCUT2D eigenvalue weighted by molar-refractivity contribution is 7.14. The number of methoxy groups -OCH3 is 1. The van der Waals surface area contributed by atoms with Crippen molar-refractivity contribution in [2.75, 3.05) is 7.11 Å². The molecule has 1 atom stereocenters. The molecule has 0 radical (unpaired) electrons. The van der Waals surface area contributed by atoms with Crippen LogP contribution in [-0.4, -0.2) is 17.0 Å². The van der Waals surface area contributed by atoms with Crippen molar-refractivity contribution in [3.8, 4) is 5.69 Å². The number of benzene rings is 2. The second-order valence-electron chi connectivity index (χ2n) is 5.02. The lowest BCUT2D eigenvalue weighted by Gasteiger charge is -2.10. The summed E-state index contributed by atoms with van der Waals surface area (Å²) in [5.74, 6) is -0.593. The van der Waals surface area contributed by atoms with Crippen LogP contribution in [0.3, 0.4) is 0 Å². The second kappa shape index (κ2) is 5.77. The van der Waals surface area contributed by atoms with Crippen molar-refractivity contribution in [1.82, 2.24) is 3.96 Å². The van der Waals surface area contributed by atoms with Crippen LogP contribution < -0.4 is 5.56 Å². The number of ether oxygens (including phenoxy) is 1. The summed E-state index contributed by atoms with van der Waals surface area (Å²) in [5, 5.41) is 0.722. The van der Waals surface area contributed by atoms with E-state index in [1.54, 1.807) is 10.9 Å². The summed E-state index contributed by atoms with van der Waals surface area (Å²) in [6, 6.07) is 15.0. The molecule has 4 nitrogen and oxygen atoms in total. The highest BCUT2D eigenvalue weighted by Crippen LogP contribution is 2.22. The van der Waals surface area contributed by atoms with Crippen molar-refractivity contribution < 1.29 is 9.53 Å². The van der Waals surface area contributed by atoms with Crippen LogP contribution in [0.5, 0.6) is 0 Å². The van der Waals surface area contributed by atoms with Crippen molar-refractivity contribution in [3.63, 3.8) is 0 Å². The largest absolute Gasteiger partial charge is 0.469 e. The fourth-order valence-electron chi connectivity index (χ4n) is 2.35. The fourth-order valence-corrected chi connectivity index (χ4v) is 3.35. The van der Waals surface area contributed by atoms with E-state index >= 15 is 0 Å². The van der Waals surface area contributed by atoms with Crippen LogP contribution in [0.25, 0.3) is 15.8 Å². The first-order valence-electron chi connectivity index (χ1n) is 6.91. The topological polar surface area (TPSA) is 48.3 Å². The molecule has 0 amide bonds. The fraction of sp³-hybridized carbons (Fsp3) is 0.176. The van der Waals surface area contributed by atoms with Gasteiger partial charge >= 0.3 is 5.97 Å². The Balaban J connectivity index is 2.00. The number of esters is 1. The molecule has 0 saturated carbocycles. The zero-order valence-corrected chi connectivity index (χ0v) is 13.1. The minimum absolute atomic E-state index is 0.0191. The number of aromatic nitrogens is 1. The third-order valence-corrected chi connectivity index (χ3v) is 4.79. The van der Waals surface area contributed by atoms with Gasteiger partial charge in [0.15, 0.2) is 0 Å². The number of hydrogen-bond acceptors (Lipinski definition) is 4. The first kappa shape index (κ1) is 14.5. The molecule has 0 aliphatic carbocycles. The third kappa shape index (κ3) is 2.44. The van der Waals surface area contributed by atoms with Crippen molar-refractivity contribution in [1.29, 1.82) is 0 Å². The molecule has 0 spiro atoms. The Morgan fingerprint density at radius 2 is 1.82 bits per heavy atom. The molecule has 3 rings (SSSR count). The number of carbonyl (C=O) groups is 1. The maximum atomic E-state index is 12.4. The quantitative estimate of drug-likeness (QED) is 0.697. The maximum Gasteiger partial charge on any atom is 0.312 e. The Bertz CT molecular complexity index is 877. The van der Waals surface area contributed by atoms with Gasteiger partial charge in [-0.15, -0.1) is 0 Å². The van der Waals surface area contributed by atoms with Gasteiger partial charge in [-0.05, 0) is 36.8 Å². The maximum absolute atomic E-state index is 12.4. The Labute approximate surface area is 131 Å². The summed E-state index contributed by atoms with van der Waals surface area (Å²) >= 11 is 1.41. The van der Waals surface area contributed by atoms with Gasteiger partial charge < -0.3 is 4.74 Å². The van der Waals surface area contributed by atoms with Crippen molar-refractivity contribution in [2.45, 2.75) is 12.8 Å². The van der Waals surface area contributed by atoms with Crippen LogP contribution in [0.2, 0.25) is 0 Å². The predicted octanol–water partition coefficient (Wildman–Crippen LogP) is 3.33. The molecule has 0 fully saturated rings. The van der Waals surface area contributed by atoms with E-state index in [4.69, 9.17) is 4.74 Å². The summed E-state index contributed by atoms with van der Waals surface area (Å²) in [5.41, 5.74) is 1.64. The summed E-state index contributed by atoms with van der Waals surface area (Å²) in [6.07, 6.45) is 0. The minimum Gasteiger partial charge on any atom is -0.469 e. The lowest BCUT2D eigenvalue weighted by molar-refractivity contribution is -0.141. The van der Waals surface area contributed by atoms with Gasteiger partial charge in [0.1, 0.15) is 0 Å². The minimum atomic E-state index is -0.321. The molecule has 0 aliphatic rings. The standard InChI is InChI=1S/C17H15NO3S/c1-11(17(20)21-2)12-7-9-13(10-8-12)18-16(19)14-5-3-4-6-15(14)22-18/h3-11H,1-2H3. The van der Waals surface area contributed by atoms with E-state index in [0.29, 0.717) is 0 Å². The Hall–Kier alpha value is -2.40. The van der Waals surface area contributed by atoms with Gasteiger partial charge in [0.05, 0.1) is 28.8 Å². The van der Waals surface area contributed by atoms with Gasteiger partial charge in [0.2, 0.25) is 0 Å². The Kier molecular flexibility index (Phi) is 3.81. The molecule has 3 aromatic rings. The Morgan fingerprint density at radius 3 is 2.45 bits per heavy atom. The van der Waals surface area contributed by atoms with Crippen LogP contribution in [-0.2, 0) is 9.53 Å². The zero-order chi connectivity index (χ0) is 15.7. The smallest absolute Gasteiger partial charge is 0.312 e. The average molecular weight is 313 g/mol. The molecule has 0 aliphatic heterocycles. The highest BCUT2D eigenvalue weighted by Gasteiger charge is 2.16. The molecular weight excluding hydrogens is 298 g/mol. The Morgan fingerprint density at radius 1 is 1.14 bits per heavy atom. The molecule has 0 bridgehead atoms. The van der Waals surface area contributed by atoms with Crippen LogP contribution in [0.15, 0.2) is 53.3 Å². The second-order valence-corrected chi connectivity index (χ2v) is 6.01. The van der Waals surface area contributed by atoms with Gasteiger partial charge in [0.25, 0.3) is 5.56 Å².